The van der Waals surface area contributed by atoms with Gasteiger partial charge in [-0.25, -0.2) is 0 Å². The Kier molecular flexibility index (Phi) is 5.92. The highest BCUT2D eigenvalue weighted by Gasteiger charge is 2.30. The molecule has 0 radical (unpaired) electrons. The number of primary amides is 1. The van der Waals surface area contributed by atoms with Crippen molar-refractivity contribution >= 4 is 28.2 Å². The molecule has 1 aromatic carbocycles. The van der Waals surface area contributed by atoms with E-state index in [1.165, 1.54) is 27.3 Å². The molecule has 1 aromatic heterocycles. The lowest BCUT2D eigenvalue weighted by molar-refractivity contribution is -0.121. The number of nitrogens with zero attached hydrogens (tertiary/aromatic N) is 2. The van der Waals surface area contributed by atoms with Gasteiger partial charge in [0.2, 0.25) is 5.91 Å². The van der Waals surface area contributed by atoms with Gasteiger partial charge in [0.1, 0.15) is 10.8 Å². The number of benzene rings is 1. The van der Waals surface area contributed by atoms with Gasteiger partial charge in [0, 0.05) is 44.0 Å². The molecule has 2 aliphatic heterocycles. The summed E-state index contributed by atoms with van der Waals surface area (Å²) in [6.45, 7) is 7.17. The summed E-state index contributed by atoms with van der Waals surface area (Å²) in [6, 6.07) is 6.24. The molecule has 0 unspecified atom stereocenters. The van der Waals surface area contributed by atoms with E-state index in [-0.39, 0.29) is 11.9 Å². The number of nitrogens with one attached hydrogen (secondary N) is 1. The van der Waals surface area contributed by atoms with Gasteiger partial charge in [-0.05, 0) is 48.9 Å². The molecule has 7 nitrogen and oxygen atoms in total. The maximum Gasteiger partial charge on any atom is 0.251 e. The summed E-state index contributed by atoms with van der Waals surface area (Å²) in [6.07, 6.45) is 3.88. The van der Waals surface area contributed by atoms with Crippen LogP contribution in [0.5, 0.6) is 5.75 Å². The first-order valence-corrected chi connectivity index (χ1v) is 12.3. The maximum absolute atomic E-state index is 13.0. The largest absolute Gasteiger partial charge is 0.493 e. The molecule has 1 fully saturated rings. The summed E-state index contributed by atoms with van der Waals surface area (Å²) in [4.78, 5) is 30.8. The van der Waals surface area contributed by atoms with Gasteiger partial charge >= 0.3 is 0 Å². The van der Waals surface area contributed by atoms with Crippen molar-refractivity contribution in [2.45, 2.75) is 45.2 Å². The quantitative estimate of drug-likeness (QED) is 0.700. The zero-order valence-electron chi connectivity index (χ0n) is 18.5. The molecule has 1 aliphatic carbocycles. The van der Waals surface area contributed by atoms with E-state index in [2.05, 4.69) is 33.3 Å². The second-order valence-electron chi connectivity index (χ2n) is 8.94. The van der Waals surface area contributed by atoms with Crippen molar-refractivity contribution in [1.82, 2.24) is 9.80 Å². The Bertz CT molecular complexity index is 1040. The predicted octanol–water partition coefficient (Wildman–Crippen LogP) is 2.42. The van der Waals surface area contributed by atoms with Crippen LogP contribution >= 0.6 is 11.3 Å². The third-order valence-corrected chi connectivity index (χ3v) is 8.11. The molecule has 3 aliphatic rings. The van der Waals surface area contributed by atoms with E-state index in [1.54, 1.807) is 0 Å². The van der Waals surface area contributed by atoms with Crippen LogP contribution in [0.15, 0.2) is 18.2 Å². The molecular formula is C24H30N4O3S. The number of fused-ring (bicyclic) bond motifs is 2. The minimum absolute atomic E-state index is 0.0699. The molecule has 0 spiro atoms. The second-order valence-corrected chi connectivity index (χ2v) is 10.0. The first-order chi connectivity index (χ1) is 15.5. The Labute approximate surface area is 192 Å². The molecule has 0 saturated carbocycles. The Morgan fingerprint density at radius 1 is 1.19 bits per heavy atom. The number of aryl methyl sites for hydroxylation is 1. The SMILES string of the molecule is C[C@H](C(=O)Nc1sc2c(c1C(N)=O)CCC2)N1CCN(Cc2ccc3c(c2)CCO3)CC1. The fourth-order valence-corrected chi connectivity index (χ4v) is 6.34. The Morgan fingerprint density at radius 3 is 2.78 bits per heavy atom. The van der Waals surface area contributed by atoms with Crippen LogP contribution < -0.4 is 15.8 Å². The second kappa shape index (κ2) is 8.84. The van der Waals surface area contributed by atoms with Crippen molar-refractivity contribution in [2.75, 3.05) is 38.1 Å². The van der Waals surface area contributed by atoms with E-state index in [0.29, 0.717) is 10.6 Å². The Hall–Kier alpha value is -2.42. The van der Waals surface area contributed by atoms with Crippen molar-refractivity contribution < 1.29 is 14.3 Å². The first-order valence-electron chi connectivity index (χ1n) is 11.5. The lowest BCUT2D eigenvalue weighted by Crippen LogP contribution is -2.52. The maximum atomic E-state index is 13.0. The molecule has 8 heteroatoms. The smallest absolute Gasteiger partial charge is 0.251 e. The third-order valence-electron chi connectivity index (χ3n) is 6.90. The van der Waals surface area contributed by atoms with Crippen LogP contribution in [0.2, 0.25) is 0 Å². The Morgan fingerprint density at radius 2 is 2.00 bits per heavy atom. The fraction of sp³-hybridized carbons (Fsp3) is 0.500. The van der Waals surface area contributed by atoms with Gasteiger partial charge in [0.15, 0.2) is 0 Å². The van der Waals surface area contributed by atoms with Crippen molar-refractivity contribution in [3.63, 3.8) is 0 Å². The summed E-state index contributed by atoms with van der Waals surface area (Å²) in [5.74, 6) is 0.507. The van der Waals surface area contributed by atoms with E-state index in [1.807, 2.05) is 6.92 Å². The van der Waals surface area contributed by atoms with E-state index in [9.17, 15) is 9.59 Å². The van der Waals surface area contributed by atoms with Gasteiger partial charge in [-0.2, -0.15) is 0 Å². The highest BCUT2D eigenvalue weighted by Crippen LogP contribution is 2.39. The van der Waals surface area contributed by atoms with Crippen molar-refractivity contribution in [1.29, 1.82) is 0 Å². The van der Waals surface area contributed by atoms with Gasteiger partial charge in [-0.1, -0.05) is 12.1 Å². The normalized spacial score (nSPS) is 19.3. The lowest BCUT2D eigenvalue weighted by Gasteiger charge is -2.37. The van der Waals surface area contributed by atoms with Gasteiger partial charge in [-0.15, -0.1) is 11.3 Å². The molecule has 1 atom stereocenters. The molecule has 5 rings (SSSR count). The van der Waals surface area contributed by atoms with Crippen LogP contribution in [0.1, 0.15) is 45.3 Å². The number of carbonyl (C=O) groups excluding carboxylic acids is 2. The first kappa shape index (κ1) is 21.4. The zero-order chi connectivity index (χ0) is 22.2. The summed E-state index contributed by atoms with van der Waals surface area (Å²) in [7, 11) is 0. The molecule has 0 bridgehead atoms. The molecule has 2 aromatic rings. The number of carbonyl (C=O) groups is 2. The van der Waals surface area contributed by atoms with Gasteiger partial charge in [-0.3, -0.25) is 19.4 Å². The van der Waals surface area contributed by atoms with Crippen LogP contribution in [0, 0.1) is 0 Å². The number of hydrogen-bond acceptors (Lipinski definition) is 6. The molecule has 32 heavy (non-hydrogen) atoms. The summed E-state index contributed by atoms with van der Waals surface area (Å²) in [5.41, 5.74) is 9.81. The summed E-state index contributed by atoms with van der Waals surface area (Å²) < 4.78 is 5.60. The van der Waals surface area contributed by atoms with Gasteiger partial charge in [0.05, 0.1) is 18.2 Å². The lowest BCUT2D eigenvalue weighted by atomic mass is 10.1. The van der Waals surface area contributed by atoms with Crippen LogP contribution in [0.25, 0.3) is 0 Å². The number of thiophene rings is 1. The predicted molar refractivity (Wildman–Crippen MR) is 125 cm³/mol. The average molecular weight is 455 g/mol. The highest BCUT2D eigenvalue weighted by atomic mass is 32.1. The standard InChI is InChI=1S/C24H30N4O3S/c1-15(23(30)26-24-21(22(25)29)18-3-2-4-20(18)32-24)28-10-8-27(9-11-28)14-16-5-6-19-17(13-16)7-12-31-19/h5-6,13,15H,2-4,7-12,14H2,1H3,(H2,25,29)(H,26,30)/t15-/m1/s1. The number of amides is 2. The van der Waals surface area contributed by atoms with Gasteiger partial charge in [0.25, 0.3) is 5.91 Å². The number of nitrogens with two attached hydrogens (primary N) is 1. The van der Waals surface area contributed by atoms with E-state index in [0.717, 1.165) is 76.3 Å². The van der Waals surface area contributed by atoms with Crippen molar-refractivity contribution in [3.8, 4) is 5.75 Å². The van der Waals surface area contributed by atoms with Crippen LogP contribution in [0.4, 0.5) is 5.00 Å². The van der Waals surface area contributed by atoms with Gasteiger partial charge < -0.3 is 15.8 Å². The minimum Gasteiger partial charge on any atom is -0.493 e. The molecule has 3 heterocycles. The highest BCUT2D eigenvalue weighted by molar-refractivity contribution is 7.17. The molecule has 170 valence electrons. The topological polar surface area (TPSA) is 87.9 Å². The van der Waals surface area contributed by atoms with Crippen LogP contribution in [0.3, 0.4) is 0 Å². The minimum atomic E-state index is -0.445. The third kappa shape index (κ3) is 4.14. The number of ether oxygens (including phenoxy) is 1. The van der Waals surface area contributed by atoms with E-state index >= 15 is 0 Å². The van der Waals surface area contributed by atoms with Crippen LogP contribution in [-0.4, -0.2) is 60.4 Å². The fourth-order valence-electron chi connectivity index (χ4n) is 5.04. The molecule has 1 saturated heterocycles. The monoisotopic (exact) mass is 454 g/mol. The van der Waals surface area contributed by atoms with E-state index < -0.39 is 5.91 Å². The number of piperazine rings is 1. The van der Waals surface area contributed by atoms with Crippen molar-refractivity contribution in [3.05, 3.63) is 45.3 Å². The molecule has 3 N–H and O–H groups in total. The Balaban J connectivity index is 1.16. The molecular weight excluding hydrogens is 424 g/mol. The summed E-state index contributed by atoms with van der Waals surface area (Å²) in [5, 5.41) is 3.63. The van der Waals surface area contributed by atoms with Crippen molar-refractivity contribution in [2.24, 2.45) is 5.73 Å². The number of anilines is 1. The zero-order valence-corrected chi connectivity index (χ0v) is 19.3. The van der Waals surface area contributed by atoms with Crippen LogP contribution in [-0.2, 0) is 30.6 Å². The molecule has 2 amide bonds. The average Bonchev–Trinajstić information content (AvgIpc) is 3.49. The number of hydrogen-bond donors (Lipinski definition) is 2. The number of rotatable bonds is 6. The summed E-state index contributed by atoms with van der Waals surface area (Å²) >= 11 is 1.51. The van der Waals surface area contributed by atoms with E-state index in [4.69, 9.17) is 10.5 Å².